The number of nitrogens with zero attached hydrogens (tertiary/aromatic N) is 4. The Balaban J connectivity index is 1.34. The molecule has 0 aliphatic carbocycles. The quantitative estimate of drug-likeness (QED) is 0.862. The second-order valence-electron chi connectivity index (χ2n) is 8.08. The van der Waals surface area contributed by atoms with Crippen LogP contribution < -0.4 is 5.32 Å². The van der Waals surface area contributed by atoms with Gasteiger partial charge in [-0.05, 0) is 31.4 Å². The third kappa shape index (κ3) is 4.18. The van der Waals surface area contributed by atoms with Crippen molar-refractivity contribution in [3.63, 3.8) is 0 Å². The van der Waals surface area contributed by atoms with Gasteiger partial charge in [-0.15, -0.1) is 0 Å². The molecule has 0 bridgehead atoms. The molecule has 4 rings (SSSR count). The zero-order chi connectivity index (χ0) is 20.4. The molecule has 0 saturated carbocycles. The van der Waals surface area contributed by atoms with E-state index in [0.29, 0.717) is 6.04 Å². The van der Waals surface area contributed by atoms with Crippen LogP contribution >= 0.6 is 0 Å². The molecule has 0 radical (unpaired) electrons. The summed E-state index contributed by atoms with van der Waals surface area (Å²) in [5.74, 6) is -0.139. The fraction of sp³-hybridized carbons (Fsp3) is 0.500. The summed E-state index contributed by atoms with van der Waals surface area (Å²) in [6.45, 7) is 3.99. The van der Waals surface area contributed by atoms with E-state index in [-0.39, 0.29) is 25.4 Å². The van der Waals surface area contributed by atoms with E-state index in [1.54, 1.807) is 0 Å². The Morgan fingerprint density at radius 1 is 1.34 bits per heavy atom. The minimum Gasteiger partial charge on any atom is -0.382 e. The summed E-state index contributed by atoms with van der Waals surface area (Å²) in [6.07, 6.45) is 4.68. The standard InChI is InChI=1S/C22H26FN5O/c1-15-11-25-12-16-3-2-4-20(22(15)16)26-18-5-7-27(8-6-18)14-21(29)28-13-17(23)9-19(28)10-24/h2-4,11-12,17-19,26H,5-9,13-14H2,1H3/t17-,19?/m0/s1. The van der Waals surface area contributed by atoms with Crippen LogP contribution in [0.1, 0.15) is 24.8 Å². The van der Waals surface area contributed by atoms with Gasteiger partial charge in [0.05, 0.1) is 19.2 Å². The van der Waals surface area contributed by atoms with E-state index in [9.17, 15) is 9.18 Å². The lowest BCUT2D eigenvalue weighted by atomic mass is 10.0. The van der Waals surface area contributed by atoms with Crippen LogP contribution in [0.4, 0.5) is 10.1 Å². The highest BCUT2D eigenvalue weighted by molar-refractivity contribution is 5.95. The van der Waals surface area contributed by atoms with Crippen LogP contribution in [0.25, 0.3) is 10.8 Å². The van der Waals surface area contributed by atoms with Gasteiger partial charge in [-0.3, -0.25) is 14.7 Å². The number of piperidine rings is 1. The van der Waals surface area contributed by atoms with Gasteiger partial charge in [0, 0.05) is 54.4 Å². The molecule has 1 aromatic heterocycles. The molecule has 0 spiro atoms. The average molecular weight is 395 g/mol. The molecule has 2 fully saturated rings. The number of hydrogen-bond donors (Lipinski definition) is 1. The van der Waals surface area contributed by atoms with E-state index in [1.165, 1.54) is 10.3 Å². The largest absolute Gasteiger partial charge is 0.382 e. The molecular weight excluding hydrogens is 369 g/mol. The molecule has 2 aromatic rings. The van der Waals surface area contributed by atoms with Crippen LogP contribution in [0.15, 0.2) is 30.6 Å². The average Bonchev–Trinajstić information content (AvgIpc) is 3.11. The number of amides is 1. The highest BCUT2D eigenvalue weighted by Gasteiger charge is 2.36. The van der Waals surface area contributed by atoms with Gasteiger partial charge >= 0.3 is 0 Å². The molecule has 2 saturated heterocycles. The molecule has 2 atom stereocenters. The van der Waals surface area contributed by atoms with Crippen LogP contribution in [0.5, 0.6) is 0 Å². The first-order valence-electron chi connectivity index (χ1n) is 10.2. The summed E-state index contributed by atoms with van der Waals surface area (Å²) in [4.78, 5) is 20.3. The SMILES string of the molecule is Cc1cncc2cccc(NC3CCN(CC(=O)N4C[C@@H](F)CC4C#N)CC3)c12. The molecule has 1 N–H and O–H groups in total. The fourth-order valence-electron chi connectivity index (χ4n) is 4.45. The Morgan fingerprint density at radius 2 is 2.14 bits per heavy atom. The van der Waals surface area contributed by atoms with Gasteiger partial charge < -0.3 is 10.2 Å². The smallest absolute Gasteiger partial charge is 0.237 e. The number of nitriles is 1. The minimum absolute atomic E-state index is 0.0460. The Bertz CT molecular complexity index is 929. The Kier molecular flexibility index (Phi) is 5.63. The number of anilines is 1. The van der Waals surface area contributed by atoms with Crippen LogP contribution in [0.3, 0.4) is 0 Å². The number of nitrogens with one attached hydrogen (secondary N) is 1. The normalized spacial score (nSPS) is 23.3. The number of halogens is 1. The van der Waals surface area contributed by atoms with Crippen molar-refractivity contribution in [2.24, 2.45) is 0 Å². The first-order chi connectivity index (χ1) is 14.0. The lowest BCUT2D eigenvalue weighted by Gasteiger charge is -2.33. The van der Waals surface area contributed by atoms with Crippen molar-refractivity contribution >= 4 is 22.4 Å². The first kappa shape index (κ1) is 19.6. The molecule has 6 nitrogen and oxygen atoms in total. The lowest BCUT2D eigenvalue weighted by molar-refractivity contribution is -0.132. The Hall–Kier alpha value is -2.72. The number of aryl methyl sites for hydroxylation is 1. The molecular formula is C22H26FN5O. The van der Waals surface area contributed by atoms with Crippen molar-refractivity contribution in [3.8, 4) is 6.07 Å². The molecule has 3 heterocycles. The van der Waals surface area contributed by atoms with E-state index >= 15 is 0 Å². The molecule has 2 aliphatic heterocycles. The third-order valence-electron chi connectivity index (χ3n) is 6.00. The van der Waals surface area contributed by atoms with Crippen molar-refractivity contribution in [1.29, 1.82) is 5.26 Å². The highest BCUT2D eigenvalue weighted by atomic mass is 19.1. The van der Waals surface area contributed by atoms with E-state index in [4.69, 9.17) is 5.26 Å². The number of likely N-dealkylation sites (tertiary alicyclic amines) is 2. The van der Waals surface area contributed by atoms with Gasteiger partial charge in [0.1, 0.15) is 12.2 Å². The van der Waals surface area contributed by atoms with Crippen molar-refractivity contribution in [1.82, 2.24) is 14.8 Å². The van der Waals surface area contributed by atoms with E-state index in [2.05, 4.69) is 34.3 Å². The minimum atomic E-state index is -1.09. The zero-order valence-electron chi connectivity index (χ0n) is 16.6. The van der Waals surface area contributed by atoms with Crippen molar-refractivity contribution in [2.45, 2.75) is 44.4 Å². The second kappa shape index (κ2) is 8.34. The van der Waals surface area contributed by atoms with Crippen molar-refractivity contribution < 1.29 is 9.18 Å². The fourth-order valence-corrected chi connectivity index (χ4v) is 4.45. The summed E-state index contributed by atoms with van der Waals surface area (Å²) in [5, 5.41) is 15.1. The van der Waals surface area contributed by atoms with Gasteiger partial charge in [-0.1, -0.05) is 12.1 Å². The van der Waals surface area contributed by atoms with Crippen LogP contribution in [0, 0.1) is 18.3 Å². The maximum atomic E-state index is 13.6. The second-order valence-corrected chi connectivity index (χ2v) is 8.08. The topological polar surface area (TPSA) is 72.3 Å². The van der Waals surface area contributed by atoms with E-state index in [1.807, 2.05) is 24.5 Å². The van der Waals surface area contributed by atoms with Gasteiger partial charge in [0.15, 0.2) is 0 Å². The summed E-state index contributed by atoms with van der Waals surface area (Å²) in [7, 11) is 0. The van der Waals surface area contributed by atoms with Gasteiger partial charge in [-0.2, -0.15) is 5.26 Å². The predicted octanol–water partition coefficient (Wildman–Crippen LogP) is 2.88. The summed E-state index contributed by atoms with van der Waals surface area (Å²) in [5.41, 5.74) is 2.28. The molecule has 2 aliphatic rings. The number of rotatable bonds is 4. The van der Waals surface area contributed by atoms with Crippen molar-refractivity contribution in [3.05, 3.63) is 36.2 Å². The van der Waals surface area contributed by atoms with Crippen molar-refractivity contribution in [2.75, 3.05) is 31.5 Å². The molecule has 29 heavy (non-hydrogen) atoms. The van der Waals surface area contributed by atoms with Crippen LogP contribution in [0.2, 0.25) is 0 Å². The molecule has 7 heteroatoms. The number of alkyl halides is 1. The van der Waals surface area contributed by atoms with E-state index in [0.717, 1.165) is 42.6 Å². The number of carbonyl (C=O) groups is 1. The highest BCUT2D eigenvalue weighted by Crippen LogP contribution is 2.28. The number of pyridine rings is 1. The summed E-state index contributed by atoms with van der Waals surface area (Å²) < 4.78 is 13.6. The Morgan fingerprint density at radius 3 is 2.90 bits per heavy atom. The molecule has 152 valence electrons. The number of aromatic nitrogens is 1. The van der Waals surface area contributed by atoms with Crippen LogP contribution in [-0.2, 0) is 4.79 Å². The van der Waals surface area contributed by atoms with Gasteiger partial charge in [0.25, 0.3) is 0 Å². The first-order valence-corrected chi connectivity index (χ1v) is 10.2. The van der Waals surface area contributed by atoms with Gasteiger partial charge in [-0.25, -0.2) is 4.39 Å². The Labute approximate surface area is 170 Å². The number of carbonyl (C=O) groups excluding carboxylic acids is 1. The number of benzene rings is 1. The van der Waals surface area contributed by atoms with Gasteiger partial charge in [0.2, 0.25) is 5.91 Å². The van der Waals surface area contributed by atoms with Crippen LogP contribution in [-0.4, -0.2) is 65.1 Å². The molecule has 1 amide bonds. The lowest BCUT2D eigenvalue weighted by Crippen LogP contribution is -2.46. The molecule has 1 aromatic carbocycles. The monoisotopic (exact) mass is 395 g/mol. The predicted molar refractivity (Wildman–Crippen MR) is 110 cm³/mol. The summed E-state index contributed by atoms with van der Waals surface area (Å²) in [6, 6.07) is 7.98. The number of fused-ring (bicyclic) bond motifs is 1. The number of hydrogen-bond acceptors (Lipinski definition) is 5. The maximum absolute atomic E-state index is 13.6. The zero-order valence-corrected chi connectivity index (χ0v) is 16.6. The summed E-state index contributed by atoms with van der Waals surface area (Å²) >= 11 is 0. The third-order valence-corrected chi connectivity index (χ3v) is 6.00. The maximum Gasteiger partial charge on any atom is 0.237 e. The van der Waals surface area contributed by atoms with E-state index < -0.39 is 12.2 Å². The molecule has 1 unspecified atom stereocenters.